The van der Waals surface area contributed by atoms with Crippen LogP contribution in [0.4, 0.5) is 5.82 Å². The van der Waals surface area contributed by atoms with Gasteiger partial charge in [-0.1, -0.05) is 13.8 Å². The summed E-state index contributed by atoms with van der Waals surface area (Å²) in [7, 11) is 0. The Balaban J connectivity index is 2.75. The highest BCUT2D eigenvalue weighted by Gasteiger charge is 2.14. The van der Waals surface area contributed by atoms with Gasteiger partial charge < -0.3 is 10.2 Å². The molecule has 0 aliphatic heterocycles. The van der Waals surface area contributed by atoms with E-state index in [1.165, 1.54) is 0 Å². The van der Waals surface area contributed by atoms with Gasteiger partial charge in [-0.15, -0.1) is 0 Å². The molecule has 1 rings (SSSR count). The van der Waals surface area contributed by atoms with Crippen molar-refractivity contribution in [3.8, 4) is 0 Å². The zero-order valence-electron chi connectivity index (χ0n) is 12.4. The highest BCUT2D eigenvalue weighted by atomic mass is 16.2. The van der Waals surface area contributed by atoms with E-state index in [-0.39, 0.29) is 5.91 Å². The fraction of sp³-hybridized carbons (Fsp3) is 0.600. The van der Waals surface area contributed by atoms with Crippen LogP contribution < -0.4 is 5.32 Å². The zero-order valence-corrected chi connectivity index (χ0v) is 12.4. The van der Waals surface area contributed by atoms with Crippen LogP contribution in [-0.4, -0.2) is 34.9 Å². The second-order valence-electron chi connectivity index (χ2n) is 5.02. The van der Waals surface area contributed by atoms with E-state index in [4.69, 9.17) is 0 Å². The number of carbonyl (C=O) groups is 1. The highest BCUT2D eigenvalue weighted by molar-refractivity contribution is 5.94. The van der Waals surface area contributed by atoms with Gasteiger partial charge in [-0.2, -0.15) is 0 Å². The molecule has 106 valence electrons. The van der Waals surface area contributed by atoms with Crippen molar-refractivity contribution in [2.45, 2.75) is 46.6 Å². The molecule has 1 heterocycles. The van der Waals surface area contributed by atoms with E-state index in [9.17, 15) is 4.79 Å². The standard InChI is InChI=1S/C15H25N3O/c1-5-9-18(10-6-2)15(19)13-7-8-14(16-11-13)17-12(3)4/h7-8,11-12H,5-6,9-10H2,1-4H3,(H,16,17). The largest absolute Gasteiger partial charge is 0.368 e. The highest BCUT2D eigenvalue weighted by Crippen LogP contribution is 2.10. The quantitative estimate of drug-likeness (QED) is 0.822. The summed E-state index contributed by atoms with van der Waals surface area (Å²) < 4.78 is 0. The second kappa shape index (κ2) is 7.77. The molecule has 19 heavy (non-hydrogen) atoms. The summed E-state index contributed by atoms with van der Waals surface area (Å²) in [6.07, 6.45) is 3.61. The molecule has 0 saturated carbocycles. The topological polar surface area (TPSA) is 45.2 Å². The molecule has 0 aliphatic carbocycles. The summed E-state index contributed by atoms with van der Waals surface area (Å²) in [5.41, 5.74) is 0.663. The number of carbonyl (C=O) groups excluding carboxylic acids is 1. The predicted octanol–water partition coefficient (Wildman–Crippen LogP) is 3.16. The molecule has 1 aromatic rings. The van der Waals surface area contributed by atoms with Gasteiger partial charge in [-0.25, -0.2) is 4.98 Å². The number of hydrogen-bond donors (Lipinski definition) is 1. The maximum Gasteiger partial charge on any atom is 0.255 e. The summed E-state index contributed by atoms with van der Waals surface area (Å²) >= 11 is 0. The van der Waals surface area contributed by atoms with Crippen molar-refractivity contribution in [2.75, 3.05) is 18.4 Å². The second-order valence-corrected chi connectivity index (χ2v) is 5.02. The van der Waals surface area contributed by atoms with E-state index in [1.807, 2.05) is 17.0 Å². The third-order valence-corrected chi connectivity index (χ3v) is 2.72. The number of nitrogens with zero attached hydrogens (tertiary/aromatic N) is 2. The number of anilines is 1. The van der Waals surface area contributed by atoms with Gasteiger partial charge in [0.05, 0.1) is 5.56 Å². The van der Waals surface area contributed by atoms with Crippen molar-refractivity contribution in [1.82, 2.24) is 9.88 Å². The van der Waals surface area contributed by atoms with Crippen molar-refractivity contribution in [1.29, 1.82) is 0 Å². The van der Waals surface area contributed by atoms with Crippen molar-refractivity contribution < 1.29 is 4.79 Å². The number of hydrogen-bond acceptors (Lipinski definition) is 3. The first-order valence-electron chi connectivity index (χ1n) is 7.10. The van der Waals surface area contributed by atoms with Crippen LogP contribution >= 0.6 is 0 Å². The molecule has 0 unspecified atom stereocenters. The van der Waals surface area contributed by atoms with E-state index >= 15 is 0 Å². The number of nitrogens with one attached hydrogen (secondary N) is 1. The third kappa shape index (κ3) is 4.89. The van der Waals surface area contributed by atoms with Crippen LogP contribution in [0.25, 0.3) is 0 Å². The molecular weight excluding hydrogens is 238 g/mol. The fourth-order valence-corrected chi connectivity index (χ4v) is 1.94. The molecule has 0 radical (unpaired) electrons. The number of aromatic nitrogens is 1. The normalized spacial score (nSPS) is 10.6. The van der Waals surface area contributed by atoms with Gasteiger partial charge >= 0.3 is 0 Å². The minimum Gasteiger partial charge on any atom is -0.368 e. The van der Waals surface area contributed by atoms with Crippen molar-refractivity contribution in [3.05, 3.63) is 23.9 Å². The maximum absolute atomic E-state index is 12.3. The Morgan fingerprint density at radius 1 is 1.26 bits per heavy atom. The van der Waals surface area contributed by atoms with Gasteiger partial charge in [0.2, 0.25) is 0 Å². The molecule has 1 N–H and O–H groups in total. The van der Waals surface area contributed by atoms with Crippen LogP contribution in [0, 0.1) is 0 Å². The van der Waals surface area contributed by atoms with E-state index < -0.39 is 0 Å². The lowest BCUT2D eigenvalue weighted by molar-refractivity contribution is 0.0755. The van der Waals surface area contributed by atoms with Gasteiger partial charge in [0.15, 0.2) is 0 Å². The molecular formula is C15H25N3O. The van der Waals surface area contributed by atoms with Crippen molar-refractivity contribution in [2.24, 2.45) is 0 Å². The SMILES string of the molecule is CCCN(CCC)C(=O)c1ccc(NC(C)C)nc1. The smallest absolute Gasteiger partial charge is 0.255 e. The van der Waals surface area contributed by atoms with Gasteiger partial charge in [0.1, 0.15) is 5.82 Å². The average molecular weight is 263 g/mol. The van der Waals surface area contributed by atoms with Crippen LogP contribution in [0.5, 0.6) is 0 Å². The molecule has 0 atom stereocenters. The van der Waals surface area contributed by atoms with Gasteiger partial charge in [0, 0.05) is 25.3 Å². The Kier molecular flexibility index (Phi) is 6.33. The van der Waals surface area contributed by atoms with Crippen LogP contribution in [0.15, 0.2) is 18.3 Å². The molecule has 0 fully saturated rings. The Morgan fingerprint density at radius 2 is 1.89 bits per heavy atom. The Morgan fingerprint density at radius 3 is 2.32 bits per heavy atom. The first-order chi connectivity index (χ1) is 9.08. The Labute approximate surface area is 116 Å². The monoisotopic (exact) mass is 263 g/mol. The lowest BCUT2D eigenvalue weighted by Gasteiger charge is -2.21. The first kappa shape index (κ1) is 15.5. The molecule has 0 aliphatic rings. The lowest BCUT2D eigenvalue weighted by Crippen LogP contribution is -2.32. The van der Waals surface area contributed by atoms with E-state index in [1.54, 1.807) is 6.20 Å². The molecule has 4 nitrogen and oxygen atoms in total. The van der Waals surface area contributed by atoms with Gasteiger partial charge in [-0.3, -0.25) is 4.79 Å². The summed E-state index contributed by atoms with van der Waals surface area (Å²) in [5.74, 6) is 0.886. The van der Waals surface area contributed by atoms with E-state index in [2.05, 4.69) is 38.0 Å². The molecule has 0 saturated heterocycles. The van der Waals surface area contributed by atoms with E-state index in [0.29, 0.717) is 11.6 Å². The van der Waals surface area contributed by atoms with Crippen molar-refractivity contribution in [3.63, 3.8) is 0 Å². The summed E-state index contributed by atoms with van der Waals surface area (Å²) in [6.45, 7) is 9.90. The zero-order chi connectivity index (χ0) is 14.3. The first-order valence-corrected chi connectivity index (χ1v) is 7.10. The van der Waals surface area contributed by atoms with Crippen LogP contribution in [0.1, 0.15) is 50.9 Å². The Hall–Kier alpha value is -1.58. The molecule has 0 aromatic carbocycles. The van der Waals surface area contributed by atoms with Gasteiger partial charge in [-0.05, 0) is 38.8 Å². The van der Waals surface area contributed by atoms with Crippen LogP contribution in [0.2, 0.25) is 0 Å². The molecule has 1 aromatic heterocycles. The molecule has 4 heteroatoms. The fourth-order valence-electron chi connectivity index (χ4n) is 1.94. The van der Waals surface area contributed by atoms with Crippen LogP contribution in [0.3, 0.4) is 0 Å². The number of pyridine rings is 1. The summed E-state index contributed by atoms with van der Waals surface area (Å²) in [5, 5.41) is 3.21. The Bertz CT molecular complexity index is 381. The van der Waals surface area contributed by atoms with Gasteiger partial charge in [0.25, 0.3) is 5.91 Å². The number of rotatable bonds is 7. The van der Waals surface area contributed by atoms with Crippen LogP contribution in [-0.2, 0) is 0 Å². The maximum atomic E-state index is 12.3. The molecule has 0 spiro atoms. The average Bonchev–Trinajstić information content (AvgIpc) is 2.38. The van der Waals surface area contributed by atoms with Crippen molar-refractivity contribution >= 4 is 11.7 Å². The number of amides is 1. The lowest BCUT2D eigenvalue weighted by atomic mass is 10.2. The molecule has 1 amide bonds. The summed E-state index contributed by atoms with van der Waals surface area (Å²) in [4.78, 5) is 18.5. The third-order valence-electron chi connectivity index (χ3n) is 2.72. The molecule has 0 bridgehead atoms. The minimum atomic E-state index is 0.0762. The minimum absolute atomic E-state index is 0.0762. The predicted molar refractivity (Wildman–Crippen MR) is 79.5 cm³/mol. The summed E-state index contributed by atoms with van der Waals surface area (Å²) in [6, 6.07) is 4.05. The van der Waals surface area contributed by atoms with E-state index in [0.717, 1.165) is 31.7 Å².